The molecular weight excluding hydrogens is 422 g/mol. The average Bonchev–Trinajstić information content (AvgIpc) is 3.19. The van der Waals surface area contributed by atoms with Crippen molar-refractivity contribution >= 4 is 34.7 Å². The Balaban J connectivity index is 1.32. The van der Waals surface area contributed by atoms with E-state index in [2.05, 4.69) is 35.9 Å². The highest BCUT2D eigenvalue weighted by atomic mass is 32.1. The third kappa shape index (κ3) is 5.44. The van der Waals surface area contributed by atoms with Gasteiger partial charge in [0.25, 0.3) is 5.91 Å². The van der Waals surface area contributed by atoms with Crippen molar-refractivity contribution < 1.29 is 4.79 Å². The molecule has 4 aromatic rings. The Morgan fingerprint density at radius 3 is 2.47 bits per heavy atom. The van der Waals surface area contributed by atoms with Crippen molar-refractivity contribution in [2.45, 2.75) is 13.8 Å². The van der Waals surface area contributed by atoms with Crippen LogP contribution in [-0.2, 0) is 0 Å². The van der Waals surface area contributed by atoms with Crippen LogP contribution in [-0.4, -0.2) is 38.9 Å². The van der Waals surface area contributed by atoms with Gasteiger partial charge in [0.2, 0.25) is 0 Å². The Labute approximate surface area is 190 Å². The molecule has 0 spiro atoms. The van der Waals surface area contributed by atoms with E-state index in [1.807, 2.05) is 68.4 Å². The Morgan fingerprint density at radius 2 is 1.69 bits per heavy atom. The first-order valence-corrected chi connectivity index (χ1v) is 11.0. The number of hydrogen-bond acceptors (Lipinski definition) is 8. The number of nitrogens with one attached hydrogen (secondary N) is 3. The highest BCUT2D eigenvalue weighted by Crippen LogP contribution is 2.27. The number of hydrogen-bond donors (Lipinski definition) is 3. The summed E-state index contributed by atoms with van der Waals surface area (Å²) in [7, 11) is 0. The third-order valence-corrected chi connectivity index (χ3v) is 5.70. The number of thiazole rings is 1. The largest absolute Gasteiger partial charge is 0.368 e. The highest BCUT2D eigenvalue weighted by Gasteiger charge is 2.15. The van der Waals surface area contributed by atoms with Crippen molar-refractivity contribution in [3.05, 3.63) is 77.2 Å². The fraction of sp³-hybridized carbons (Fsp3) is 0.174. The summed E-state index contributed by atoms with van der Waals surface area (Å²) in [6.07, 6.45) is 1.71. The van der Waals surface area contributed by atoms with E-state index in [4.69, 9.17) is 0 Å². The molecule has 3 N–H and O–H groups in total. The minimum absolute atomic E-state index is 0.125. The Bertz CT molecular complexity index is 1200. The second-order valence-electron chi connectivity index (χ2n) is 7.01. The molecule has 1 aromatic carbocycles. The first kappa shape index (κ1) is 21.4. The molecule has 32 heavy (non-hydrogen) atoms. The van der Waals surface area contributed by atoms with Crippen molar-refractivity contribution in [3.8, 4) is 10.6 Å². The summed E-state index contributed by atoms with van der Waals surface area (Å²) in [4.78, 5) is 30.8. The Morgan fingerprint density at radius 1 is 0.906 bits per heavy atom. The molecule has 0 radical (unpaired) electrons. The van der Waals surface area contributed by atoms with Gasteiger partial charge >= 0.3 is 0 Å². The summed E-state index contributed by atoms with van der Waals surface area (Å²) >= 11 is 1.40. The number of amides is 1. The van der Waals surface area contributed by atoms with Crippen LogP contribution in [0.15, 0.2) is 60.8 Å². The van der Waals surface area contributed by atoms with Gasteiger partial charge in [-0.2, -0.15) is 0 Å². The molecule has 8 nitrogen and oxygen atoms in total. The zero-order valence-electron chi connectivity index (χ0n) is 17.8. The van der Waals surface area contributed by atoms with E-state index in [1.165, 1.54) is 11.3 Å². The molecule has 0 saturated carbocycles. The normalized spacial score (nSPS) is 10.6. The quantitative estimate of drug-likeness (QED) is 0.349. The van der Waals surface area contributed by atoms with Crippen molar-refractivity contribution in [2.24, 2.45) is 0 Å². The van der Waals surface area contributed by atoms with Gasteiger partial charge in [-0.25, -0.2) is 19.9 Å². The number of aryl methyl sites for hydroxylation is 2. The molecular formula is C23H23N7OS. The van der Waals surface area contributed by atoms with Crippen molar-refractivity contribution in [2.75, 3.05) is 23.7 Å². The summed E-state index contributed by atoms with van der Waals surface area (Å²) in [5, 5.41) is 10.2. The van der Waals surface area contributed by atoms with E-state index in [0.29, 0.717) is 41.2 Å². The predicted molar refractivity (Wildman–Crippen MR) is 127 cm³/mol. The molecule has 9 heteroatoms. The number of carbonyl (C=O) groups excluding carboxylic acids is 1. The predicted octanol–water partition coefficient (Wildman–Crippen LogP) is 4.20. The molecule has 3 heterocycles. The average molecular weight is 446 g/mol. The van der Waals surface area contributed by atoms with E-state index in [-0.39, 0.29) is 5.91 Å². The molecule has 4 rings (SSSR count). The second kappa shape index (κ2) is 9.97. The van der Waals surface area contributed by atoms with Crippen molar-refractivity contribution in [3.63, 3.8) is 0 Å². The molecule has 1 amide bonds. The molecule has 0 atom stereocenters. The topological polar surface area (TPSA) is 105 Å². The number of benzene rings is 1. The summed E-state index contributed by atoms with van der Waals surface area (Å²) < 4.78 is 0. The Kier molecular flexibility index (Phi) is 6.66. The first-order chi connectivity index (χ1) is 15.6. The molecule has 0 aliphatic carbocycles. The van der Waals surface area contributed by atoms with Gasteiger partial charge in [0.1, 0.15) is 33.2 Å². The lowest BCUT2D eigenvalue weighted by molar-refractivity contribution is 0.0958. The van der Waals surface area contributed by atoms with Crippen LogP contribution in [0.4, 0.5) is 17.5 Å². The van der Waals surface area contributed by atoms with Crippen LogP contribution in [0.25, 0.3) is 10.6 Å². The number of pyridine rings is 1. The van der Waals surface area contributed by atoms with Crippen LogP contribution < -0.4 is 16.0 Å². The van der Waals surface area contributed by atoms with Gasteiger partial charge in [-0.1, -0.05) is 36.4 Å². The summed E-state index contributed by atoms with van der Waals surface area (Å²) in [6, 6.07) is 17.3. The molecule has 0 fully saturated rings. The van der Waals surface area contributed by atoms with Crippen LogP contribution >= 0.6 is 11.3 Å². The fourth-order valence-electron chi connectivity index (χ4n) is 3.05. The fourth-order valence-corrected chi connectivity index (χ4v) is 4.04. The van der Waals surface area contributed by atoms with Crippen LogP contribution in [0, 0.1) is 13.8 Å². The van der Waals surface area contributed by atoms with Gasteiger partial charge in [-0.05, 0) is 26.0 Å². The smallest absolute Gasteiger partial charge is 0.263 e. The molecule has 0 bridgehead atoms. The van der Waals surface area contributed by atoms with Crippen LogP contribution in [0.1, 0.15) is 21.2 Å². The minimum atomic E-state index is -0.125. The zero-order valence-corrected chi connectivity index (χ0v) is 18.6. The van der Waals surface area contributed by atoms with Crippen molar-refractivity contribution in [1.82, 2.24) is 25.3 Å². The van der Waals surface area contributed by atoms with E-state index < -0.39 is 0 Å². The lowest BCUT2D eigenvalue weighted by Gasteiger charge is -2.10. The zero-order chi connectivity index (χ0) is 22.3. The summed E-state index contributed by atoms with van der Waals surface area (Å²) in [5.74, 6) is 2.53. The molecule has 0 saturated heterocycles. The maximum Gasteiger partial charge on any atom is 0.263 e. The van der Waals surface area contributed by atoms with Gasteiger partial charge < -0.3 is 16.0 Å². The molecule has 0 unspecified atom stereocenters. The van der Waals surface area contributed by atoms with Gasteiger partial charge in [-0.3, -0.25) is 4.79 Å². The number of aromatic nitrogens is 4. The number of rotatable bonds is 8. The molecule has 162 valence electrons. The lowest BCUT2D eigenvalue weighted by Crippen LogP contribution is -2.28. The first-order valence-electron chi connectivity index (χ1n) is 10.2. The van der Waals surface area contributed by atoms with E-state index >= 15 is 0 Å². The third-order valence-electron chi connectivity index (χ3n) is 4.50. The van der Waals surface area contributed by atoms with Gasteiger partial charge in [0, 0.05) is 30.9 Å². The lowest BCUT2D eigenvalue weighted by atomic mass is 10.2. The van der Waals surface area contributed by atoms with Crippen LogP contribution in [0.3, 0.4) is 0 Å². The minimum Gasteiger partial charge on any atom is -0.368 e. The van der Waals surface area contributed by atoms with Crippen LogP contribution in [0.2, 0.25) is 0 Å². The summed E-state index contributed by atoms with van der Waals surface area (Å²) in [5.41, 5.74) is 1.74. The number of anilines is 3. The van der Waals surface area contributed by atoms with E-state index in [9.17, 15) is 4.79 Å². The molecule has 0 aliphatic rings. The SMILES string of the molecule is Cc1nc(NCCNC(=O)c2sc(-c3ccccc3)nc2C)cc(Nc2ccccn2)n1. The van der Waals surface area contributed by atoms with E-state index in [1.54, 1.807) is 6.20 Å². The monoisotopic (exact) mass is 445 g/mol. The van der Waals surface area contributed by atoms with Gasteiger partial charge in [0.05, 0.1) is 5.69 Å². The standard InChI is InChI=1S/C23H23N7OS/c1-15-21(32-23(27-15)17-8-4-3-5-9-17)22(31)26-13-12-25-19-14-20(29-16(2)28-19)30-18-10-6-7-11-24-18/h3-11,14H,12-13H2,1-2H3,(H,26,31)(H2,24,25,28,29,30). The maximum atomic E-state index is 12.6. The van der Waals surface area contributed by atoms with E-state index in [0.717, 1.165) is 16.3 Å². The molecule has 0 aliphatic heterocycles. The van der Waals surface area contributed by atoms with Gasteiger partial charge in [-0.15, -0.1) is 11.3 Å². The Hall–Kier alpha value is -3.85. The highest BCUT2D eigenvalue weighted by molar-refractivity contribution is 7.17. The van der Waals surface area contributed by atoms with Crippen LogP contribution in [0.5, 0.6) is 0 Å². The van der Waals surface area contributed by atoms with Gasteiger partial charge in [0.15, 0.2) is 0 Å². The number of carbonyl (C=O) groups is 1. The number of nitrogens with zero attached hydrogens (tertiary/aromatic N) is 4. The second-order valence-corrected chi connectivity index (χ2v) is 8.01. The van der Waals surface area contributed by atoms with Crippen molar-refractivity contribution in [1.29, 1.82) is 0 Å². The maximum absolute atomic E-state index is 12.6. The molecule has 3 aromatic heterocycles. The summed E-state index contributed by atoms with van der Waals surface area (Å²) in [6.45, 7) is 4.65.